The second-order valence-corrected chi connectivity index (χ2v) is 4.59. The fraction of sp³-hybridized carbons (Fsp3) is 0.0909. The van der Waals surface area contributed by atoms with E-state index >= 15 is 0 Å². The van der Waals surface area contributed by atoms with Crippen molar-refractivity contribution in [1.29, 1.82) is 0 Å². The van der Waals surface area contributed by atoms with Gasteiger partial charge in [0.1, 0.15) is 5.15 Å². The van der Waals surface area contributed by atoms with Gasteiger partial charge < -0.3 is 0 Å². The number of halogens is 1. The molecule has 0 radical (unpaired) electrons. The highest BCUT2D eigenvalue weighted by Gasteiger charge is 2.12. The van der Waals surface area contributed by atoms with Crippen molar-refractivity contribution in [3.05, 3.63) is 50.9 Å². The van der Waals surface area contributed by atoms with E-state index in [1.807, 2.05) is 18.4 Å². The van der Waals surface area contributed by atoms with E-state index < -0.39 is 0 Å². The van der Waals surface area contributed by atoms with Gasteiger partial charge in [-0.05, 0) is 30.5 Å². The molecular formula is C11H8ClNOS. The number of rotatable bonds is 2. The van der Waals surface area contributed by atoms with Gasteiger partial charge in [0.05, 0.1) is 0 Å². The second kappa shape index (κ2) is 4.13. The van der Waals surface area contributed by atoms with E-state index in [0.29, 0.717) is 10.7 Å². The Morgan fingerprint density at radius 1 is 1.47 bits per heavy atom. The highest BCUT2D eigenvalue weighted by atomic mass is 35.5. The molecule has 0 N–H and O–H groups in total. The van der Waals surface area contributed by atoms with Crippen molar-refractivity contribution in [3.63, 3.8) is 0 Å². The molecule has 0 aromatic carbocycles. The summed E-state index contributed by atoms with van der Waals surface area (Å²) in [4.78, 5) is 16.9. The summed E-state index contributed by atoms with van der Waals surface area (Å²) in [5.74, 6) is -0.00181. The molecule has 76 valence electrons. The highest BCUT2D eigenvalue weighted by Crippen LogP contribution is 2.19. The third-order valence-electron chi connectivity index (χ3n) is 2.09. The predicted octanol–water partition coefficient (Wildman–Crippen LogP) is 3.34. The number of nitrogens with zero attached hydrogens (tertiary/aromatic N) is 1. The minimum absolute atomic E-state index is 0.00181. The van der Waals surface area contributed by atoms with Gasteiger partial charge in [0.15, 0.2) is 5.78 Å². The average Bonchev–Trinajstić information content (AvgIpc) is 2.63. The fourth-order valence-electron chi connectivity index (χ4n) is 1.32. The van der Waals surface area contributed by atoms with Crippen LogP contribution in [0.1, 0.15) is 20.8 Å². The Bertz CT molecular complexity index is 507. The Kier molecular flexibility index (Phi) is 2.84. The lowest BCUT2D eigenvalue weighted by Crippen LogP contribution is -2.01. The van der Waals surface area contributed by atoms with E-state index in [9.17, 15) is 4.79 Å². The number of pyridine rings is 1. The summed E-state index contributed by atoms with van der Waals surface area (Å²) in [6, 6.07) is 5.09. The summed E-state index contributed by atoms with van der Waals surface area (Å²) in [5, 5.41) is 2.25. The van der Waals surface area contributed by atoms with Crippen molar-refractivity contribution in [2.45, 2.75) is 6.92 Å². The van der Waals surface area contributed by atoms with E-state index in [-0.39, 0.29) is 5.78 Å². The molecule has 0 unspecified atom stereocenters. The number of aromatic nitrogens is 1. The Labute approximate surface area is 96.5 Å². The first kappa shape index (κ1) is 10.3. The summed E-state index contributed by atoms with van der Waals surface area (Å²) in [7, 11) is 0. The quantitative estimate of drug-likeness (QED) is 0.592. The number of ketones is 1. The van der Waals surface area contributed by atoms with Gasteiger partial charge in [0.2, 0.25) is 0 Å². The lowest BCUT2D eigenvalue weighted by atomic mass is 10.1. The summed E-state index contributed by atoms with van der Waals surface area (Å²) in [6.07, 6.45) is 1.54. The molecule has 0 aliphatic rings. The lowest BCUT2D eigenvalue weighted by Gasteiger charge is -1.99. The molecule has 0 saturated heterocycles. The van der Waals surface area contributed by atoms with Crippen LogP contribution < -0.4 is 0 Å². The molecule has 4 heteroatoms. The first-order valence-electron chi connectivity index (χ1n) is 4.39. The SMILES string of the molecule is Cc1sccc1C(=O)c1ccnc(Cl)c1. The summed E-state index contributed by atoms with van der Waals surface area (Å²) in [5.41, 5.74) is 1.32. The van der Waals surface area contributed by atoms with Crippen LogP contribution in [0.4, 0.5) is 0 Å². The van der Waals surface area contributed by atoms with Crippen LogP contribution in [0.25, 0.3) is 0 Å². The van der Waals surface area contributed by atoms with Gasteiger partial charge in [-0.25, -0.2) is 4.98 Å². The molecule has 2 aromatic heterocycles. The predicted molar refractivity (Wildman–Crippen MR) is 61.7 cm³/mol. The topological polar surface area (TPSA) is 30.0 Å². The van der Waals surface area contributed by atoms with Crippen molar-refractivity contribution in [2.75, 3.05) is 0 Å². The zero-order valence-corrected chi connectivity index (χ0v) is 9.60. The molecule has 0 atom stereocenters. The van der Waals surface area contributed by atoms with Crippen LogP contribution in [-0.4, -0.2) is 10.8 Å². The largest absolute Gasteiger partial charge is 0.289 e. The molecule has 0 bridgehead atoms. The maximum Gasteiger partial charge on any atom is 0.194 e. The third kappa shape index (κ3) is 2.08. The Morgan fingerprint density at radius 2 is 2.27 bits per heavy atom. The smallest absolute Gasteiger partial charge is 0.194 e. The van der Waals surface area contributed by atoms with Gasteiger partial charge in [-0.15, -0.1) is 11.3 Å². The van der Waals surface area contributed by atoms with E-state index in [1.165, 1.54) is 6.20 Å². The van der Waals surface area contributed by atoms with E-state index in [4.69, 9.17) is 11.6 Å². The molecule has 2 heterocycles. The standard InChI is InChI=1S/C11H8ClNOS/c1-7-9(3-5-15-7)11(14)8-2-4-13-10(12)6-8/h2-6H,1H3. The maximum atomic E-state index is 12.0. The van der Waals surface area contributed by atoms with Crippen LogP contribution >= 0.6 is 22.9 Å². The van der Waals surface area contributed by atoms with Crippen LogP contribution in [0.2, 0.25) is 5.15 Å². The minimum atomic E-state index is -0.00181. The summed E-state index contributed by atoms with van der Waals surface area (Å²) in [6.45, 7) is 1.93. The average molecular weight is 238 g/mol. The molecule has 0 saturated carbocycles. The molecule has 2 aromatic rings. The first-order chi connectivity index (χ1) is 7.18. The number of aryl methyl sites for hydroxylation is 1. The molecular weight excluding hydrogens is 230 g/mol. The summed E-state index contributed by atoms with van der Waals surface area (Å²) >= 11 is 7.29. The molecule has 0 aliphatic heterocycles. The van der Waals surface area contributed by atoms with Gasteiger partial charge in [0, 0.05) is 22.2 Å². The van der Waals surface area contributed by atoms with Crippen LogP contribution in [0.15, 0.2) is 29.8 Å². The fourth-order valence-corrected chi connectivity index (χ4v) is 2.19. The molecule has 0 aliphatic carbocycles. The zero-order chi connectivity index (χ0) is 10.8. The normalized spacial score (nSPS) is 10.3. The van der Waals surface area contributed by atoms with Gasteiger partial charge in [0.25, 0.3) is 0 Å². The number of carbonyl (C=O) groups is 1. The molecule has 0 spiro atoms. The Balaban J connectivity index is 2.41. The van der Waals surface area contributed by atoms with E-state index in [2.05, 4.69) is 4.98 Å². The van der Waals surface area contributed by atoms with Crippen molar-refractivity contribution in [3.8, 4) is 0 Å². The van der Waals surface area contributed by atoms with Crippen LogP contribution in [0.5, 0.6) is 0 Å². The van der Waals surface area contributed by atoms with Gasteiger partial charge in [-0.1, -0.05) is 11.6 Å². The molecule has 0 fully saturated rings. The Morgan fingerprint density at radius 3 is 2.87 bits per heavy atom. The van der Waals surface area contributed by atoms with Gasteiger partial charge in [-0.2, -0.15) is 0 Å². The van der Waals surface area contributed by atoms with Crippen molar-refractivity contribution in [2.24, 2.45) is 0 Å². The second-order valence-electron chi connectivity index (χ2n) is 3.09. The van der Waals surface area contributed by atoms with E-state index in [1.54, 1.807) is 23.5 Å². The maximum absolute atomic E-state index is 12.0. The highest BCUT2D eigenvalue weighted by molar-refractivity contribution is 7.10. The molecule has 2 nitrogen and oxygen atoms in total. The summed E-state index contributed by atoms with van der Waals surface area (Å²) < 4.78 is 0. The number of hydrogen-bond donors (Lipinski definition) is 0. The third-order valence-corrected chi connectivity index (χ3v) is 3.14. The van der Waals surface area contributed by atoms with Crippen molar-refractivity contribution in [1.82, 2.24) is 4.98 Å². The molecule has 15 heavy (non-hydrogen) atoms. The molecule has 0 amide bonds. The monoisotopic (exact) mass is 237 g/mol. The van der Waals surface area contributed by atoms with Crippen molar-refractivity contribution >= 4 is 28.7 Å². The minimum Gasteiger partial charge on any atom is -0.289 e. The first-order valence-corrected chi connectivity index (χ1v) is 5.64. The van der Waals surface area contributed by atoms with E-state index in [0.717, 1.165) is 10.4 Å². The van der Waals surface area contributed by atoms with Crippen LogP contribution in [0, 0.1) is 6.92 Å². The molecule has 2 rings (SSSR count). The number of hydrogen-bond acceptors (Lipinski definition) is 3. The zero-order valence-electron chi connectivity index (χ0n) is 8.03. The Hall–Kier alpha value is -1.19. The van der Waals surface area contributed by atoms with Crippen molar-refractivity contribution < 1.29 is 4.79 Å². The van der Waals surface area contributed by atoms with Crippen LogP contribution in [-0.2, 0) is 0 Å². The lowest BCUT2D eigenvalue weighted by molar-refractivity contribution is 0.103. The number of thiophene rings is 1. The van der Waals surface area contributed by atoms with Gasteiger partial charge in [-0.3, -0.25) is 4.79 Å². The van der Waals surface area contributed by atoms with Gasteiger partial charge >= 0.3 is 0 Å². The number of carbonyl (C=O) groups excluding carboxylic acids is 1. The van der Waals surface area contributed by atoms with Crippen LogP contribution in [0.3, 0.4) is 0 Å².